The fraction of sp³-hybridized carbons (Fsp3) is 0.455. The van der Waals surface area contributed by atoms with Crippen LogP contribution < -0.4 is 0 Å². The largest absolute Gasteiger partial charge is 0.505 e. The van der Waals surface area contributed by atoms with Gasteiger partial charge in [0.1, 0.15) is 5.75 Å². The number of hydrogen-bond donors (Lipinski definition) is 2. The second-order valence-electron chi connectivity index (χ2n) is 3.89. The van der Waals surface area contributed by atoms with Gasteiger partial charge in [0.15, 0.2) is 5.69 Å². The first kappa shape index (κ1) is 10.9. The SMILES string of the molecule is O=C(c1ncccc1O)N1CCC(O)CC1. The predicted molar refractivity (Wildman–Crippen MR) is 57.0 cm³/mol. The molecule has 0 atom stereocenters. The van der Waals surface area contributed by atoms with Gasteiger partial charge in [-0.05, 0) is 25.0 Å². The molecule has 5 heteroatoms. The highest BCUT2D eigenvalue weighted by Crippen LogP contribution is 2.18. The first-order chi connectivity index (χ1) is 7.68. The monoisotopic (exact) mass is 222 g/mol. The lowest BCUT2D eigenvalue weighted by molar-refractivity contribution is 0.0539. The Balaban J connectivity index is 2.11. The molecule has 86 valence electrons. The van der Waals surface area contributed by atoms with E-state index in [4.69, 9.17) is 0 Å². The van der Waals surface area contributed by atoms with Crippen LogP contribution in [0.25, 0.3) is 0 Å². The van der Waals surface area contributed by atoms with E-state index < -0.39 is 0 Å². The zero-order chi connectivity index (χ0) is 11.5. The van der Waals surface area contributed by atoms with Crippen molar-refractivity contribution in [2.45, 2.75) is 18.9 Å². The second kappa shape index (κ2) is 4.49. The first-order valence-corrected chi connectivity index (χ1v) is 5.30. The summed E-state index contributed by atoms with van der Waals surface area (Å²) in [5.41, 5.74) is 0.0823. The van der Waals surface area contributed by atoms with Gasteiger partial charge in [-0.15, -0.1) is 0 Å². The number of pyridine rings is 1. The lowest BCUT2D eigenvalue weighted by Crippen LogP contribution is -2.40. The Morgan fingerprint density at radius 1 is 1.44 bits per heavy atom. The number of aromatic nitrogens is 1. The van der Waals surface area contributed by atoms with Crippen LogP contribution in [0.1, 0.15) is 23.3 Å². The number of aromatic hydroxyl groups is 1. The zero-order valence-electron chi connectivity index (χ0n) is 8.83. The van der Waals surface area contributed by atoms with E-state index in [1.54, 1.807) is 11.0 Å². The van der Waals surface area contributed by atoms with Crippen LogP contribution >= 0.6 is 0 Å². The fourth-order valence-corrected chi connectivity index (χ4v) is 1.78. The van der Waals surface area contributed by atoms with Gasteiger partial charge in [-0.1, -0.05) is 0 Å². The summed E-state index contributed by atoms with van der Waals surface area (Å²) in [6, 6.07) is 3.02. The van der Waals surface area contributed by atoms with E-state index in [9.17, 15) is 15.0 Å². The van der Waals surface area contributed by atoms with Gasteiger partial charge in [-0.25, -0.2) is 4.98 Å². The maximum Gasteiger partial charge on any atom is 0.276 e. The zero-order valence-corrected chi connectivity index (χ0v) is 8.83. The number of nitrogens with zero attached hydrogens (tertiary/aromatic N) is 2. The Morgan fingerprint density at radius 3 is 2.75 bits per heavy atom. The third-order valence-electron chi connectivity index (χ3n) is 2.74. The number of piperidine rings is 1. The number of aliphatic hydroxyl groups is 1. The number of hydrogen-bond acceptors (Lipinski definition) is 4. The van der Waals surface area contributed by atoms with E-state index in [2.05, 4.69) is 4.98 Å². The summed E-state index contributed by atoms with van der Waals surface area (Å²) in [6.45, 7) is 1.02. The summed E-state index contributed by atoms with van der Waals surface area (Å²) in [7, 11) is 0. The van der Waals surface area contributed by atoms with E-state index in [0.29, 0.717) is 25.9 Å². The normalized spacial score (nSPS) is 17.4. The minimum absolute atomic E-state index is 0.0823. The van der Waals surface area contributed by atoms with Gasteiger partial charge >= 0.3 is 0 Å². The summed E-state index contributed by atoms with van der Waals surface area (Å²) in [5.74, 6) is -0.372. The summed E-state index contributed by atoms with van der Waals surface area (Å²) in [4.78, 5) is 17.4. The van der Waals surface area contributed by atoms with Crippen molar-refractivity contribution in [3.05, 3.63) is 24.0 Å². The summed E-state index contributed by atoms with van der Waals surface area (Å²) in [5, 5.41) is 18.8. The number of rotatable bonds is 1. The van der Waals surface area contributed by atoms with Crippen LogP contribution in [0.15, 0.2) is 18.3 Å². The standard InChI is InChI=1S/C11H14N2O3/c14-8-3-6-13(7-4-8)11(16)10-9(15)2-1-5-12-10/h1-2,5,8,14-15H,3-4,6-7H2. The molecule has 0 bridgehead atoms. The van der Waals surface area contributed by atoms with Gasteiger partial charge in [0.05, 0.1) is 6.10 Å². The van der Waals surface area contributed by atoms with Crippen molar-refractivity contribution in [3.8, 4) is 5.75 Å². The molecule has 1 saturated heterocycles. The molecule has 0 aromatic carbocycles. The lowest BCUT2D eigenvalue weighted by Gasteiger charge is -2.29. The third-order valence-corrected chi connectivity index (χ3v) is 2.74. The van der Waals surface area contributed by atoms with Crippen molar-refractivity contribution >= 4 is 5.91 Å². The molecule has 2 rings (SSSR count). The Kier molecular flexibility index (Phi) is 3.05. The van der Waals surface area contributed by atoms with Crippen LogP contribution in [0.4, 0.5) is 0 Å². The van der Waals surface area contributed by atoms with Crippen LogP contribution in [0.3, 0.4) is 0 Å². The van der Waals surface area contributed by atoms with Gasteiger partial charge in [0, 0.05) is 19.3 Å². The van der Waals surface area contributed by atoms with Gasteiger partial charge in [-0.3, -0.25) is 4.79 Å². The van der Waals surface area contributed by atoms with Crippen LogP contribution in [-0.4, -0.2) is 45.2 Å². The van der Waals surface area contributed by atoms with Crippen molar-refractivity contribution < 1.29 is 15.0 Å². The number of carbonyl (C=O) groups excluding carboxylic acids is 1. The Bertz CT molecular complexity index is 387. The highest BCUT2D eigenvalue weighted by molar-refractivity contribution is 5.94. The molecule has 2 heterocycles. The maximum atomic E-state index is 11.9. The summed E-state index contributed by atoms with van der Waals surface area (Å²) in [6.07, 6.45) is 2.33. The van der Waals surface area contributed by atoms with E-state index in [-0.39, 0.29) is 23.5 Å². The average Bonchev–Trinajstić information content (AvgIpc) is 2.30. The summed E-state index contributed by atoms with van der Waals surface area (Å²) >= 11 is 0. The first-order valence-electron chi connectivity index (χ1n) is 5.30. The molecule has 1 aromatic heterocycles. The van der Waals surface area contributed by atoms with E-state index in [0.717, 1.165) is 0 Å². The molecule has 0 saturated carbocycles. The molecule has 0 spiro atoms. The highest BCUT2D eigenvalue weighted by atomic mass is 16.3. The van der Waals surface area contributed by atoms with Crippen molar-refractivity contribution in [2.75, 3.05) is 13.1 Å². The van der Waals surface area contributed by atoms with Crippen LogP contribution in [0.2, 0.25) is 0 Å². The third kappa shape index (κ3) is 2.14. The quantitative estimate of drug-likeness (QED) is 0.720. The topological polar surface area (TPSA) is 73.7 Å². The number of amides is 1. The molecule has 0 radical (unpaired) electrons. The predicted octanol–water partition coefficient (Wildman–Crippen LogP) is 0.384. The minimum atomic E-state index is -0.318. The molecule has 1 aliphatic heterocycles. The van der Waals surface area contributed by atoms with E-state index in [1.807, 2.05) is 0 Å². The van der Waals surface area contributed by atoms with Crippen LogP contribution in [0.5, 0.6) is 5.75 Å². The lowest BCUT2D eigenvalue weighted by atomic mass is 10.1. The van der Waals surface area contributed by atoms with Gasteiger partial charge in [-0.2, -0.15) is 0 Å². The van der Waals surface area contributed by atoms with Crippen LogP contribution in [0, 0.1) is 0 Å². The highest BCUT2D eigenvalue weighted by Gasteiger charge is 2.24. The molecule has 0 unspecified atom stereocenters. The van der Waals surface area contributed by atoms with Crippen LogP contribution in [-0.2, 0) is 0 Å². The smallest absolute Gasteiger partial charge is 0.276 e. The fourth-order valence-electron chi connectivity index (χ4n) is 1.78. The Labute approximate surface area is 93.3 Å². The van der Waals surface area contributed by atoms with E-state index in [1.165, 1.54) is 12.3 Å². The molecule has 5 nitrogen and oxygen atoms in total. The van der Waals surface area contributed by atoms with Gasteiger partial charge in [0.2, 0.25) is 0 Å². The van der Waals surface area contributed by atoms with Crippen molar-refractivity contribution in [1.82, 2.24) is 9.88 Å². The van der Waals surface area contributed by atoms with Gasteiger partial charge < -0.3 is 15.1 Å². The van der Waals surface area contributed by atoms with E-state index >= 15 is 0 Å². The van der Waals surface area contributed by atoms with Crippen molar-refractivity contribution in [1.29, 1.82) is 0 Å². The maximum absolute atomic E-state index is 11.9. The Morgan fingerprint density at radius 2 is 2.12 bits per heavy atom. The minimum Gasteiger partial charge on any atom is -0.505 e. The van der Waals surface area contributed by atoms with Crippen molar-refractivity contribution in [2.24, 2.45) is 0 Å². The molecular formula is C11H14N2O3. The molecule has 1 aliphatic rings. The van der Waals surface area contributed by atoms with Gasteiger partial charge in [0.25, 0.3) is 5.91 Å². The Hall–Kier alpha value is -1.62. The number of carbonyl (C=O) groups is 1. The molecule has 2 N–H and O–H groups in total. The molecule has 0 aliphatic carbocycles. The average molecular weight is 222 g/mol. The number of aliphatic hydroxyl groups excluding tert-OH is 1. The molecule has 16 heavy (non-hydrogen) atoms. The van der Waals surface area contributed by atoms with Crippen molar-refractivity contribution in [3.63, 3.8) is 0 Å². The molecular weight excluding hydrogens is 208 g/mol. The molecule has 1 amide bonds. The number of likely N-dealkylation sites (tertiary alicyclic amines) is 1. The molecule has 1 aromatic rings. The molecule has 1 fully saturated rings. The second-order valence-corrected chi connectivity index (χ2v) is 3.89. The summed E-state index contributed by atoms with van der Waals surface area (Å²) < 4.78 is 0.